The van der Waals surface area contributed by atoms with Crippen molar-refractivity contribution in [2.75, 3.05) is 0 Å². The molecule has 0 saturated heterocycles. The van der Waals surface area contributed by atoms with Gasteiger partial charge in [0.25, 0.3) is 0 Å². The molecule has 2 rings (SSSR count). The summed E-state index contributed by atoms with van der Waals surface area (Å²) in [7, 11) is 0. The molecule has 0 aliphatic heterocycles. The maximum absolute atomic E-state index is 9.23. The van der Waals surface area contributed by atoms with Crippen molar-refractivity contribution in [3.63, 3.8) is 0 Å². The molecule has 2 nitrogen and oxygen atoms in total. The molecule has 0 unspecified atom stereocenters. The third kappa shape index (κ3) is 2.71. The molecular weight excluding hydrogens is 378 g/mol. The molecule has 16 heavy (non-hydrogen) atoms. The molecular formula is C12H10AsIO2. The molecule has 0 amide bonds. The van der Waals surface area contributed by atoms with Crippen LogP contribution in [-0.4, -0.2) is 21.5 Å². The van der Waals surface area contributed by atoms with Crippen LogP contribution in [0.1, 0.15) is 0 Å². The van der Waals surface area contributed by atoms with Crippen molar-refractivity contribution in [3.05, 3.63) is 48.5 Å². The Kier molecular flexibility index (Phi) is 3.77. The summed E-state index contributed by atoms with van der Waals surface area (Å²) in [5, 5.41) is 18.5. The number of hydrogen-bond acceptors (Lipinski definition) is 2. The molecule has 0 aliphatic carbocycles. The van der Waals surface area contributed by atoms with Gasteiger partial charge in [-0.15, -0.1) is 0 Å². The van der Waals surface area contributed by atoms with Crippen molar-refractivity contribution in [1.82, 2.24) is 0 Å². The van der Waals surface area contributed by atoms with E-state index in [1.165, 1.54) is 8.70 Å². The Labute approximate surface area is 110 Å². The van der Waals surface area contributed by atoms with Crippen molar-refractivity contribution in [1.29, 1.82) is 0 Å². The topological polar surface area (TPSA) is 40.5 Å². The average molecular weight is 388 g/mol. The number of halogens is 1. The van der Waals surface area contributed by atoms with Gasteiger partial charge in [-0.3, -0.25) is 0 Å². The quantitative estimate of drug-likeness (QED) is 0.607. The van der Waals surface area contributed by atoms with Crippen LogP contribution in [0.15, 0.2) is 48.5 Å². The second kappa shape index (κ2) is 5.11. The first-order chi connectivity index (χ1) is 7.66. The van der Waals surface area contributed by atoms with Crippen LogP contribution in [0.4, 0.5) is 0 Å². The van der Waals surface area contributed by atoms with Crippen LogP contribution in [0, 0.1) is 0 Å². The molecule has 2 N–H and O–H groups in total. The Balaban J connectivity index is 2.28. The van der Waals surface area contributed by atoms with Gasteiger partial charge in [-0.2, -0.15) is 0 Å². The molecule has 0 saturated carbocycles. The van der Waals surface area contributed by atoms with Crippen molar-refractivity contribution in [2.24, 2.45) is 0 Å². The van der Waals surface area contributed by atoms with E-state index in [0.29, 0.717) is 11.5 Å². The third-order valence-electron chi connectivity index (χ3n) is 2.15. The number of rotatable bonds is 2. The first kappa shape index (κ1) is 11.8. The summed E-state index contributed by atoms with van der Waals surface area (Å²) in [4.78, 5) is 0. The fourth-order valence-corrected chi connectivity index (χ4v) is 7.01. The molecule has 2 aromatic carbocycles. The van der Waals surface area contributed by atoms with Gasteiger partial charge >= 0.3 is 110 Å². The van der Waals surface area contributed by atoms with Crippen LogP contribution in [0.3, 0.4) is 0 Å². The fraction of sp³-hybridized carbons (Fsp3) is 0. The second-order valence-corrected chi connectivity index (χ2v) is 11.7. The fourth-order valence-electron chi connectivity index (χ4n) is 1.32. The van der Waals surface area contributed by atoms with Gasteiger partial charge in [0.1, 0.15) is 0 Å². The first-order valence-corrected chi connectivity index (χ1v) is 12.3. The molecule has 0 radical (unpaired) electrons. The van der Waals surface area contributed by atoms with Gasteiger partial charge in [-0.25, -0.2) is 0 Å². The number of benzene rings is 2. The SMILES string of the molecule is Oc1ccc([As](I)c2ccc(O)cc2)cc1. The molecule has 0 spiro atoms. The number of phenolic OH excluding ortho intramolecular Hbond substituents is 2. The van der Waals surface area contributed by atoms with E-state index in [4.69, 9.17) is 0 Å². The Morgan fingerprint density at radius 3 is 1.31 bits per heavy atom. The predicted octanol–water partition coefficient (Wildman–Crippen LogP) is 1.64. The zero-order valence-corrected chi connectivity index (χ0v) is 12.4. The van der Waals surface area contributed by atoms with Crippen molar-refractivity contribution >= 4 is 40.1 Å². The summed E-state index contributed by atoms with van der Waals surface area (Å²) in [5.41, 5.74) is 0. The molecule has 82 valence electrons. The third-order valence-corrected chi connectivity index (χ3v) is 11.1. The minimum absolute atomic E-state index is 0.299. The minimum atomic E-state index is -1.28. The Morgan fingerprint density at radius 2 is 1.00 bits per heavy atom. The Bertz CT molecular complexity index is 422. The summed E-state index contributed by atoms with van der Waals surface area (Å²) < 4.78 is 2.55. The van der Waals surface area contributed by atoms with E-state index in [1.807, 2.05) is 24.3 Å². The predicted molar refractivity (Wildman–Crippen MR) is 75.3 cm³/mol. The van der Waals surface area contributed by atoms with Gasteiger partial charge in [-0.05, 0) is 0 Å². The summed E-state index contributed by atoms with van der Waals surface area (Å²) in [6.07, 6.45) is 0. The Hall–Kier alpha value is -0.672. The van der Waals surface area contributed by atoms with Crippen LogP contribution in [0.25, 0.3) is 0 Å². The first-order valence-electron chi connectivity index (χ1n) is 4.71. The molecule has 0 fully saturated rings. The summed E-state index contributed by atoms with van der Waals surface area (Å²) >= 11 is 1.20. The number of phenols is 2. The normalized spacial score (nSPS) is 10.6. The molecule has 0 heterocycles. The zero-order chi connectivity index (χ0) is 11.5. The maximum atomic E-state index is 9.23. The standard InChI is InChI=1S/C12H10AsIO2/c14-13(9-1-5-11(15)6-2-9)10-3-7-12(16)8-4-10/h1-8,15-16H. The van der Waals surface area contributed by atoms with Crippen molar-refractivity contribution in [2.45, 2.75) is 0 Å². The van der Waals surface area contributed by atoms with Crippen LogP contribution < -0.4 is 8.70 Å². The molecule has 0 aliphatic rings. The molecule has 0 aromatic heterocycles. The van der Waals surface area contributed by atoms with Crippen LogP contribution in [-0.2, 0) is 0 Å². The van der Waals surface area contributed by atoms with E-state index in [0.717, 1.165) is 0 Å². The Morgan fingerprint density at radius 1 is 0.688 bits per heavy atom. The van der Waals surface area contributed by atoms with Crippen LogP contribution in [0.2, 0.25) is 0 Å². The average Bonchev–Trinajstić information content (AvgIpc) is 2.30. The summed E-state index contributed by atoms with van der Waals surface area (Å²) in [6, 6.07) is 14.7. The molecule has 0 bridgehead atoms. The zero-order valence-electron chi connectivity index (χ0n) is 8.34. The van der Waals surface area contributed by atoms with Gasteiger partial charge in [0.15, 0.2) is 0 Å². The van der Waals surface area contributed by atoms with Crippen LogP contribution >= 0.6 is 20.1 Å². The monoisotopic (exact) mass is 388 g/mol. The van der Waals surface area contributed by atoms with Gasteiger partial charge in [0.05, 0.1) is 0 Å². The van der Waals surface area contributed by atoms with Gasteiger partial charge in [0, 0.05) is 0 Å². The molecule has 0 atom stereocenters. The van der Waals surface area contributed by atoms with E-state index >= 15 is 0 Å². The molecule has 4 heteroatoms. The number of aromatic hydroxyl groups is 2. The van der Waals surface area contributed by atoms with Crippen LogP contribution in [0.5, 0.6) is 11.5 Å². The molecule has 2 aromatic rings. The number of hydrogen-bond donors (Lipinski definition) is 2. The van der Waals surface area contributed by atoms with E-state index in [2.05, 4.69) is 20.1 Å². The van der Waals surface area contributed by atoms with E-state index in [9.17, 15) is 10.2 Å². The summed E-state index contributed by atoms with van der Waals surface area (Å²) in [6.45, 7) is 0. The second-order valence-electron chi connectivity index (χ2n) is 3.31. The van der Waals surface area contributed by atoms with E-state index in [-0.39, 0.29) is 0 Å². The van der Waals surface area contributed by atoms with E-state index in [1.54, 1.807) is 24.3 Å². The summed E-state index contributed by atoms with van der Waals surface area (Å²) in [5.74, 6) is 0.599. The van der Waals surface area contributed by atoms with E-state index < -0.39 is 11.3 Å². The van der Waals surface area contributed by atoms with Gasteiger partial charge in [0.2, 0.25) is 0 Å². The van der Waals surface area contributed by atoms with Gasteiger partial charge < -0.3 is 0 Å². The van der Waals surface area contributed by atoms with Gasteiger partial charge in [-0.1, -0.05) is 0 Å². The van der Waals surface area contributed by atoms with Crippen molar-refractivity contribution < 1.29 is 10.2 Å². The van der Waals surface area contributed by atoms with Crippen molar-refractivity contribution in [3.8, 4) is 11.5 Å².